The Kier molecular flexibility index (Phi) is 5.45. The summed E-state index contributed by atoms with van der Waals surface area (Å²) in [5.41, 5.74) is 3.40. The second-order valence-electron chi connectivity index (χ2n) is 6.60. The van der Waals surface area contributed by atoms with E-state index in [1.807, 2.05) is 42.5 Å². The van der Waals surface area contributed by atoms with Crippen molar-refractivity contribution < 1.29 is 4.74 Å². The van der Waals surface area contributed by atoms with Gasteiger partial charge in [-0.3, -0.25) is 0 Å². The van der Waals surface area contributed by atoms with Crippen molar-refractivity contribution in [3.63, 3.8) is 0 Å². The molecule has 4 aromatic rings. The van der Waals surface area contributed by atoms with Gasteiger partial charge >= 0.3 is 0 Å². The van der Waals surface area contributed by atoms with E-state index in [4.69, 9.17) is 4.74 Å². The van der Waals surface area contributed by atoms with E-state index in [9.17, 15) is 0 Å². The number of ether oxygens (including phenoxy) is 1. The molecule has 1 unspecified atom stereocenters. The van der Waals surface area contributed by atoms with Gasteiger partial charge in [-0.2, -0.15) is 5.10 Å². The van der Waals surface area contributed by atoms with Crippen LogP contribution in [0.3, 0.4) is 0 Å². The van der Waals surface area contributed by atoms with E-state index in [1.165, 1.54) is 17.5 Å². The molecular weight excluding hydrogens is 348 g/mol. The Balaban J connectivity index is 1.37. The molecule has 0 spiro atoms. The number of nitrogens with zero attached hydrogens (tertiary/aromatic N) is 3. The molecule has 5 nitrogen and oxygen atoms in total. The fourth-order valence-electron chi connectivity index (χ4n) is 2.99. The molecule has 0 fully saturated rings. The van der Waals surface area contributed by atoms with Crippen LogP contribution in [0.15, 0.2) is 91.5 Å². The van der Waals surface area contributed by atoms with Gasteiger partial charge in [0.15, 0.2) is 0 Å². The molecule has 140 valence electrons. The predicted octanol–water partition coefficient (Wildman–Crippen LogP) is 4.91. The molecule has 0 amide bonds. The Morgan fingerprint density at radius 1 is 0.929 bits per heavy atom. The van der Waals surface area contributed by atoms with Crippen molar-refractivity contribution in [2.24, 2.45) is 0 Å². The van der Waals surface area contributed by atoms with Crippen LogP contribution >= 0.6 is 0 Å². The number of para-hydroxylation sites is 1. The summed E-state index contributed by atoms with van der Waals surface area (Å²) in [6, 6.07) is 26.6. The molecule has 1 N–H and O–H groups in total. The second kappa shape index (κ2) is 8.50. The normalized spacial score (nSPS) is 11.9. The molecule has 1 heterocycles. The van der Waals surface area contributed by atoms with Crippen molar-refractivity contribution >= 4 is 0 Å². The van der Waals surface area contributed by atoms with Crippen LogP contribution in [0.5, 0.6) is 11.5 Å². The summed E-state index contributed by atoms with van der Waals surface area (Å²) in [6.07, 6.45) is 3.23. The first kappa shape index (κ1) is 17.9. The quantitative estimate of drug-likeness (QED) is 0.502. The van der Waals surface area contributed by atoms with E-state index in [0.29, 0.717) is 0 Å². The number of aromatic nitrogens is 3. The Labute approximate surface area is 164 Å². The van der Waals surface area contributed by atoms with Crippen LogP contribution in [0, 0.1) is 0 Å². The molecule has 0 saturated heterocycles. The highest BCUT2D eigenvalue weighted by atomic mass is 16.5. The van der Waals surface area contributed by atoms with E-state index < -0.39 is 0 Å². The van der Waals surface area contributed by atoms with Crippen LogP contribution in [-0.4, -0.2) is 14.8 Å². The lowest BCUT2D eigenvalue weighted by Gasteiger charge is -2.15. The first-order valence-electron chi connectivity index (χ1n) is 9.28. The molecule has 28 heavy (non-hydrogen) atoms. The van der Waals surface area contributed by atoms with Gasteiger partial charge in [0.05, 0.1) is 5.69 Å². The number of rotatable bonds is 7. The standard InChI is InChI=1S/C23H22N4O/c1-18(20-10-12-21(13-11-20)27-17-24-16-26-27)25-15-19-6-5-9-23(14-19)28-22-7-3-2-4-8-22/h2-14,16-18,25H,15H2,1H3. The van der Waals surface area contributed by atoms with Crippen molar-refractivity contribution in [2.75, 3.05) is 0 Å². The third kappa shape index (κ3) is 4.45. The lowest BCUT2D eigenvalue weighted by molar-refractivity contribution is 0.481. The molecule has 0 aliphatic rings. The van der Waals surface area contributed by atoms with Crippen molar-refractivity contribution in [3.05, 3.63) is 103 Å². The minimum Gasteiger partial charge on any atom is -0.457 e. The molecule has 0 aliphatic heterocycles. The summed E-state index contributed by atoms with van der Waals surface area (Å²) in [5.74, 6) is 1.68. The van der Waals surface area contributed by atoms with Crippen molar-refractivity contribution in [1.82, 2.24) is 20.1 Å². The molecule has 0 saturated carbocycles. The fourth-order valence-corrected chi connectivity index (χ4v) is 2.99. The van der Waals surface area contributed by atoms with Gasteiger partial charge in [0.1, 0.15) is 24.2 Å². The van der Waals surface area contributed by atoms with E-state index in [2.05, 4.69) is 58.7 Å². The molecule has 0 radical (unpaired) electrons. The Bertz CT molecular complexity index is 998. The van der Waals surface area contributed by atoms with Crippen LogP contribution in [0.1, 0.15) is 24.1 Å². The lowest BCUT2D eigenvalue weighted by Crippen LogP contribution is -2.18. The van der Waals surface area contributed by atoms with E-state index >= 15 is 0 Å². The Morgan fingerprint density at radius 2 is 1.71 bits per heavy atom. The first-order valence-corrected chi connectivity index (χ1v) is 9.28. The Morgan fingerprint density at radius 3 is 2.46 bits per heavy atom. The number of nitrogens with one attached hydrogen (secondary N) is 1. The minimum absolute atomic E-state index is 0.225. The zero-order chi connectivity index (χ0) is 19.2. The molecule has 1 atom stereocenters. The van der Waals surface area contributed by atoms with Crippen molar-refractivity contribution in [2.45, 2.75) is 19.5 Å². The van der Waals surface area contributed by atoms with Gasteiger partial charge in [-0.15, -0.1) is 0 Å². The molecule has 3 aromatic carbocycles. The van der Waals surface area contributed by atoms with Gasteiger partial charge in [-0.1, -0.05) is 42.5 Å². The zero-order valence-corrected chi connectivity index (χ0v) is 15.7. The smallest absolute Gasteiger partial charge is 0.138 e. The average molecular weight is 370 g/mol. The number of hydrogen-bond donors (Lipinski definition) is 1. The van der Waals surface area contributed by atoms with Gasteiger partial charge in [0.25, 0.3) is 0 Å². The monoisotopic (exact) mass is 370 g/mol. The maximum atomic E-state index is 5.92. The molecule has 0 bridgehead atoms. The zero-order valence-electron chi connectivity index (χ0n) is 15.7. The van der Waals surface area contributed by atoms with Gasteiger partial charge in [0.2, 0.25) is 0 Å². The largest absolute Gasteiger partial charge is 0.457 e. The third-order valence-electron chi connectivity index (χ3n) is 4.57. The summed E-state index contributed by atoms with van der Waals surface area (Å²) in [4.78, 5) is 3.98. The number of benzene rings is 3. The summed E-state index contributed by atoms with van der Waals surface area (Å²) >= 11 is 0. The van der Waals surface area contributed by atoms with Crippen LogP contribution in [0.4, 0.5) is 0 Å². The van der Waals surface area contributed by atoms with Crippen LogP contribution in [0.2, 0.25) is 0 Å². The van der Waals surface area contributed by atoms with Crippen LogP contribution < -0.4 is 10.1 Å². The number of hydrogen-bond acceptors (Lipinski definition) is 4. The summed E-state index contributed by atoms with van der Waals surface area (Å²) in [7, 11) is 0. The van der Waals surface area contributed by atoms with Gasteiger partial charge < -0.3 is 10.1 Å². The SMILES string of the molecule is CC(NCc1cccc(Oc2ccccc2)c1)c1ccc(-n2cncn2)cc1. The van der Waals surface area contributed by atoms with Crippen LogP contribution in [0.25, 0.3) is 5.69 Å². The third-order valence-corrected chi connectivity index (χ3v) is 4.57. The second-order valence-corrected chi connectivity index (χ2v) is 6.60. The molecule has 0 aliphatic carbocycles. The summed E-state index contributed by atoms with van der Waals surface area (Å²) in [6.45, 7) is 2.92. The highest BCUT2D eigenvalue weighted by Crippen LogP contribution is 2.22. The Hall–Kier alpha value is -3.44. The molecule has 4 rings (SSSR count). The average Bonchev–Trinajstić information content (AvgIpc) is 3.28. The molecule has 5 heteroatoms. The first-order chi connectivity index (χ1) is 13.8. The van der Waals surface area contributed by atoms with E-state index in [0.717, 1.165) is 23.7 Å². The fraction of sp³-hybridized carbons (Fsp3) is 0.130. The van der Waals surface area contributed by atoms with Crippen molar-refractivity contribution in [3.8, 4) is 17.2 Å². The minimum atomic E-state index is 0.225. The van der Waals surface area contributed by atoms with E-state index in [-0.39, 0.29) is 6.04 Å². The lowest BCUT2D eigenvalue weighted by atomic mass is 10.1. The van der Waals surface area contributed by atoms with Gasteiger partial charge in [-0.05, 0) is 54.4 Å². The predicted molar refractivity (Wildman–Crippen MR) is 110 cm³/mol. The van der Waals surface area contributed by atoms with Crippen molar-refractivity contribution in [1.29, 1.82) is 0 Å². The van der Waals surface area contributed by atoms with Gasteiger partial charge in [-0.25, -0.2) is 9.67 Å². The van der Waals surface area contributed by atoms with Gasteiger partial charge in [0, 0.05) is 12.6 Å². The highest BCUT2D eigenvalue weighted by Gasteiger charge is 2.06. The van der Waals surface area contributed by atoms with Crippen LogP contribution in [-0.2, 0) is 6.54 Å². The molecular formula is C23H22N4O. The topological polar surface area (TPSA) is 52.0 Å². The maximum Gasteiger partial charge on any atom is 0.138 e. The maximum absolute atomic E-state index is 5.92. The summed E-state index contributed by atoms with van der Waals surface area (Å²) < 4.78 is 7.67. The van der Waals surface area contributed by atoms with E-state index in [1.54, 1.807) is 11.0 Å². The highest BCUT2D eigenvalue weighted by molar-refractivity contribution is 5.35. The molecule has 1 aromatic heterocycles. The summed E-state index contributed by atoms with van der Waals surface area (Å²) in [5, 5.41) is 7.72.